The molecular formula is C14H24N2O. The SMILES string of the molecule is CCOc1ccc(NCC(C)CC(C)C)cn1. The van der Waals surface area contributed by atoms with Gasteiger partial charge in [0.05, 0.1) is 18.5 Å². The number of pyridine rings is 1. The molecule has 3 heteroatoms. The fraction of sp³-hybridized carbons (Fsp3) is 0.643. The lowest BCUT2D eigenvalue weighted by atomic mass is 9.99. The first-order valence-corrected chi connectivity index (χ1v) is 6.44. The van der Waals surface area contributed by atoms with E-state index in [1.807, 2.05) is 25.3 Å². The van der Waals surface area contributed by atoms with E-state index in [2.05, 4.69) is 31.1 Å². The van der Waals surface area contributed by atoms with Crippen molar-refractivity contribution in [2.75, 3.05) is 18.5 Å². The van der Waals surface area contributed by atoms with Crippen molar-refractivity contribution in [2.45, 2.75) is 34.1 Å². The number of hydrogen-bond acceptors (Lipinski definition) is 3. The van der Waals surface area contributed by atoms with Gasteiger partial charge in [-0.2, -0.15) is 0 Å². The van der Waals surface area contributed by atoms with E-state index in [1.165, 1.54) is 6.42 Å². The molecule has 1 N–H and O–H groups in total. The van der Waals surface area contributed by atoms with Gasteiger partial charge in [0.1, 0.15) is 0 Å². The summed E-state index contributed by atoms with van der Waals surface area (Å²) in [5.74, 6) is 2.13. The Balaban J connectivity index is 2.36. The van der Waals surface area contributed by atoms with Crippen LogP contribution in [0, 0.1) is 11.8 Å². The van der Waals surface area contributed by atoms with Crippen LogP contribution >= 0.6 is 0 Å². The van der Waals surface area contributed by atoms with Gasteiger partial charge in [-0.05, 0) is 31.2 Å². The number of aromatic nitrogens is 1. The third-order valence-corrected chi connectivity index (χ3v) is 2.56. The molecule has 0 saturated carbocycles. The van der Waals surface area contributed by atoms with Crippen molar-refractivity contribution in [1.82, 2.24) is 4.98 Å². The van der Waals surface area contributed by atoms with Crippen LogP contribution in [0.5, 0.6) is 5.88 Å². The molecule has 0 aliphatic carbocycles. The molecule has 1 rings (SSSR count). The Hall–Kier alpha value is -1.25. The van der Waals surface area contributed by atoms with Gasteiger partial charge in [-0.1, -0.05) is 20.8 Å². The Bertz CT molecular complexity index is 309. The fourth-order valence-corrected chi connectivity index (χ4v) is 1.90. The summed E-state index contributed by atoms with van der Waals surface area (Å²) in [4.78, 5) is 4.22. The van der Waals surface area contributed by atoms with Crippen molar-refractivity contribution >= 4 is 5.69 Å². The topological polar surface area (TPSA) is 34.1 Å². The summed E-state index contributed by atoms with van der Waals surface area (Å²) < 4.78 is 5.30. The normalized spacial score (nSPS) is 12.5. The van der Waals surface area contributed by atoms with Crippen LogP contribution in [0.1, 0.15) is 34.1 Å². The van der Waals surface area contributed by atoms with E-state index in [0.717, 1.165) is 18.2 Å². The highest BCUT2D eigenvalue weighted by atomic mass is 16.5. The molecule has 0 amide bonds. The zero-order valence-corrected chi connectivity index (χ0v) is 11.4. The molecule has 96 valence electrons. The standard InChI is InChI=1S/C14H24N2O/c1-5-17-14-7-6-13(10-16-14)15-9-12(4)8-11(2)3/h6-7,10-12,15H,5,8-9H2,1-4H3. The Labute approximate surface area is 105 Å². The Morgan fingerprint density at radius 2 is 2.06 bits per heavy atom. The van der Waals surface area contributed by atoms with Crippen LogP contribution in [0.25, 0.3) is 0 Å². The molecule has 1 aromatic heterocycles. The van der Waals surface area contributed by atoms with Crippen LogP contribution in [-0.4, -0.2) is 18.1 Å². The first-order chi connectivity index (χ1) is 8.11. The second-order valence-electron chi connectivity index (χ2n) is 4.93. The molecule has 3 nitrogen and oxygen atoms in total. The molecule has 1 heterocycles. The summed E-state index contributed by atoms with van der Waals surface area (Å²) in [5.41, 5.74) is 1.06. The minimum absolute atomic E-state index is 0.658. The van der Waals surface area contributed by atoms with Gasteiger partial charge in [0.15, 0.2) is 0 Å². The van der Waals surface area contributed by atoms with E-state index >= 15 is 0 Å². The van der Waals surface area contributed by atoms with E-state index < -0.39 is 0 Å². The van der Waals surface area contributed by atoms with Crippen molar-refractivity contribution in [2.24, 2.45) is 11.8 Å². The van der Waals surface area contributed by atoms with Gasteiger partial charge in [0.2, 0.25) is 5.88 Å². The second kappa shape index (κ2) is 7.15. The smallest absolute Gasteiger partial charge is 0.213 e. The van der Waals surface area contributed by atoms with Crippen LogP contribution in [0.3, 0.4) is 0 Å². The van der Waals surface area contributed by atoms with Crippen LogP contribution in [0.15, 0.2) is 18.3 Å². The van der Waals surface area contributed by atoms with Gasteiger partial charge >= 0.3 is 0 Å². The lowest BCUT2D eigenvalue weighted by molar-refractivity contribution is 0.327. The van der Waals surface area contributed by atoms with E-state index in [4.69, 9.17) is 4.74 Å². The molecule has 0 aliphatic heterocycles. The lowest BCUT2D eigenvalue weighted by Gasteiger charge is -2.15. The van der Waals surface area contributed by atoms with E-state index in [1.54, 1.807) is 0 Å². The summed E-state index contributed by atoms with van der Waals surface area (Å²) in [6.45, 7) is 10.4. The highest BCUT2D eigenvalue weighted by molar-refractivity contribution is 5.41. The van der Waals surface area contributed by atoms with Crippen molar-refractivity contribution < 1.29 is 4.74 Å². The molecule has 1 atom stereocenters. The van der Waals surface area contributed by atoms with E-state index in [-0.39, 0.29) is 0 Å². The Morgan fingerprint density at radius 3 is 2.59 bits per heavy atom. The average Bonchev–Trinajstić information content (AvgIpc) is 2.28. The maximum absolute atomic E-state index is 5.30. The molecule has 0 spiro atoms. The fourth-order valence-electron chi connectivity index (χ4n) is 1.90. The Kier molecular flexibility index (Phi) is 5.81. The van der Waals surface area contributed by atoms with Crippen LogP contribution in [0.2, 0.25) is 0 Å². The van der Waals surface area contributed by atoms with Crippen molar-refractivity contribution in [3.63, 3.8) is 0 Å². The van der Waals surface area contributed by atoms with Gasteiger partial charge in [0.25, 0.3) is 0 Å². The molecule has 17 heavy (non-hydrogen) atoms. The van der Waals surface area contributed by atoms with Gasteiger partial charge in [-0.3, -0.25) is 0 Å². The maximum Gasteiger partial charge on any atom is 0.213 e. The number of anilines is 1. The highest BCUT2D eigenvalue weighted by Gasteiger charge is 2.04. The predicted molar refractivity (Wildman–Crippen MR) is 72.5 cm³/mol. The number of nitrogens with one attached hydrogen (secondary N) is 1. The van der Waals surface area contributed by atoms with E-state index in [9.17, 15) is 0 Å². The minimum Gasteiger partial charge on any atom is -0.478 e. The quantitative estimate of drug-likeness (QED) is 0.785. The van der Waals surface area contributed by atoms with Crippen LogP contribution in [0.4, 0.5) is 5.69 Å². The largest absolute Gasteiger partial charge is 0.478 e. The minimum atomic E-state index is 0.658. The molecule has 0 radical (unpaired) electrons. The maximum atomic E-state index is 5.30. The van der Waals surface area contributed by atoms with Crippen molar-refractivity contribution in [3.8, 4) is 5.88 Å². The van der Waals surface area contributed by atoms with Crippen LogP contribution < -0.4 is 10.1 Å². The molecule has 1 unspecified atom stereocenters. The number of rotatable bonds is 7. The highest BCUT2D eigenvalue weighted by Crippen LogP contribution is 2.14. The molecule has 0 aromatic carbocycles. The molecule has 1 aromatic rings. The lowest BCUT2D eigenvalue weighted by Crippen LogP contribution is -2.13. The average molecular weight is 236 g/mol. The summed E-state index contributed by atoms with van der Waals surface area (Å²) in [7, 11) is 0. The van der Waals surface area contributed by atoms with Crippen LogP contribution in [-0.2, 0) is 0 Å². The summed E-state index contributed by atoms with van der Waals surface area (Å²) in [6, 6.07) is 3.92. The second-order valence-corrected chi connectivity index (χ2v) is 4.93. The summed E-state index contributed by atoms with van der Waals surface area (Å²) in [6.07, 6.45) is 3.07. The van der Waals surface area contributed by atoms with Gasteiger partial charge < -0.3 is 10.1 Å². The predicted octanol–water partition coefficient (Wildman–Crippen LogP) is 3.57. The molecule has 0 bridgehead atoms. The summed E-state index contributed by atoms with van der Waals surface area (Å²) >= 11 is 0. The zero-order valence-electron chi connectivity index (χ0n) is 11.4. The van der Waals surface area contributed by atoms with Crippen molar-refractivity contribution in [1.29, 1.82) is 0 Å². The first kappa shape index (κ1) is 13.8. The van der Waals surface area contributed by atoms with Gasteiger partial charge in [-0.25, -0.2) is 4.98 Å². The number of hydrogen-bond donors (Lipinski definition) is 1. The first-order valence-electron chi connectivity index (χ1n) is 6.44. The number of nitrogens with zero attached hydrogens (tertiary/aromatic N) is 1. The van der Waals surface area contributed by atoms with Gasteiger partial charge in [-0.15, -0.1) is 0 Å². The third kappa shape index (κ3) is 5.57. The van der Waals surface area contributed by atoms with Gasteiger partial charge in [0, 0.05) is 12.6 Å². The Morgan fingerprint density at radius 1 is 1.29 bits per heavy atom. The molecule has 0 aliphatic rings. The monoisotopic (exact) mass is 236 g/mol. The van der Waals surface area contributed by atoms with Crippen molar-refractivity contribution in [3.05, 3.63) is 18.3 Å². The molecule has 0 saturated heterocycles. The molecular weight excluding hydrogens is 212 g/mol. The summed E-state index contributed by atoms with van der Waals surface area (Å²) in [5, 5.41) is 3.40. The zero-order chi connectivity index (χ0) is 12.7. The molecule has 0 fully saturated rings. The number of ether oxygens (including phenoxy) is 1. The third-order valence-electron chi connectivity index (χ3n) is 2.56. The van der Waals surface area contributed by atoms with E-state index in [0.29, 0.717) is 18.4 Å².